The monoisotopic (exact) mass is 496 g/mol. The summed E-state index contributed by atoms with van der Waals surface area (Å²) in [5.74, 6) is 3.61. The average molecular weight is 497 g/mol. The van der Waals surface area contributed by atoms with E-state index in [0.717, 1.165) is 45.0 Å². The van der Waals surface area contributed by atoms with Crippen LogP contribution in [0.4, 0.5) is 0 Å². The van der Waals surface area contributed by atoms with Gasteiger partial charge in [0.15, 0.2) is 5.96 Å². The van der Waals surface area contributed by atoms with Crippen molar-refractivity contribution in [3.05, 3.63) is 0 Å². The van der Waals surface area contributed by atoms with E-state index < -0.39 is 0 Å². The number of rotatable bonds is 4. The molecule has 5 nitrogen and oxygen atoms in total. The highest BCUT2D eigenvalue weighted by Gasteiger charge is 2.38. The van der Waals surface area contributed by atoms with Gasteiger partial charge in [0.25, 0.3) is 0 Å². The minimum atomic E-state index is -0.130. The number of thioether (sulfide) groups is 1. The maximum Gasteiger partial charge on any atom is 0.193 e. The lowest BCUT2D eigenvalue weighted by Crippen LogP contribution is -2.56. The van der Waals surface area contributed by atoms with Crippen LogP contribution >= 0.6 is 35.7 Å². The number of likely N-dealkylation sites (tertiary alicyclic amines) is 1. The molecule has 0 bridgehead atoms. The van der Waals surface area contributed by atoms with Crippen LogP contribution in [0.2, 0.25) is 0 Å². The van der Waals surface area contributed by atoms with Gasteiger partial charge in [-0.2, -0.15) is 11.8 Å². The van der Waals surface area contributed by atoms with E-state index >= 15 is 0 Å². The Bertz CT molecular complexity index is 431. The van der Waals surface area contributed by atoms with Gasteiger partial charge in [0.05, 0.1) is 12.6 Å². The fourth-order valence-electron chi connectivity index (χ4n) is 4.55. The first-order valence-corrected chi connectivity index (χ1v) is 11.4. The van der Waals surface area contributed by atoms with E-state index in [1.165, 1.54) is 56.7 Å². The Labute approximate surface area is 180 Å². The van der Waals surface area contributed by atoms with Crippen molar-refractivity contribution in [2.75, 3.05) is 50.8 Å². The van der Waals surface area contributed by atoms with Gasteiger partial charge in [-0.05, 0) is 32.6 Å². The lowest BCUT2D eigenvalue weighted by molar-refractivity contribution is 0.0665. The van der Waals surface area contributed by atoms with Gasteiger partial charge in [-0.15, -0.1) is 24.0 Å². The Morgan fingerprint density at radius 2 is 1.77 bits per heavy atom. The Morgan fingerprint density at radius 1 is 1.12 bits per heavy atom. The highest BCUT2D eigenvalue weighted by molar-refractivity contribution is 14.0. The van der Waals surface area contributed by atoms with Gasteiger partial charge in [-0.3, -0.25) is 9.89 Å². The van der Waals surface area contributed by atoms with Crippen LogP contribution in [-0.2, 0) is 0 Å². The number of nitrogens with zero attached hydrogens (tertiary/aromatic N) is 3. The number of guanidine groups is 1. The second kappa shape index (κ2) is 11.3. The number of hydrogen-bond acceptors (Lipinski definition) is 4. The summed E-state index contributed by atoms with van der Waals surface area (Å²) in [6.07, 6.45) is 8.29. The lowest BCUT2D eigenvalue weighted by atomic mass is 9.80. The van der Waals surface area contributed by atoms with Crippen molar-refractivity contribution in [2.45, 2.75) is 63.5 Å². The number of halogens is 1. The van der Waals surface area contributed by atoms with E-state index in [9.17, 15) is 5.11 Å². The van der Waals surface area contributed by atoms with E-state index in [0.29, 0.717) is 0 Å². The Hall–Kier alpha value is 0.270. The zero-order valence-corrected chi connectivity index (χ0v) is 19.4. The largest absolute Gasteiger partial charge is 0.393 e. The van der Waals surface area contributed by atoms with Crippen molar-refractivity contribution in [3.63, 3.8) is 0 Å². The molecule has 3 fully saturated rings. The van der Waals surface area contributed by atoms with Crippen LogP contribution in [0.15, 0.2) is 4.99 Å². The molecule has 0 aromatic heterocycles. The molecule has 152 valence electrons. The van der Waals surface area contributed by atoms with Crippen LogP contribution < -0.4 is 5.32 Å². The molecule has 2 N–H and O–H groups in total. The van der Waals surface area contributed by atoms with E-state index in [1.807, 2.05) is 0 Å². The number of hydrogen-bond donors (Lipinski definition) is 2. The summed E-state index contributed by atoms with van der Waals surface area (Å²) in [6.45, 7) is 8.27. The fourth-order valence-corrected chi connectivity index (χ4v) is 5.45. The van der Waals surface area contributed by atoms with Crippen LogP contribution in [-0.4, -0.2) is 83.3 Å². The molecule has 0 aromatic rings. The first-order valence-electron chi connectivity index (χ1n) is 10.3. The molecular formula is C19H37IN4OS. The van der Waals surface area contributed by atoms with Crippen LogP contribution in [0.3, 0.4) is 0 Å². The molecule has 0 atom stereocenters. The van der Waals surface area contributed by atoms with Crippen molar-refractivity contribution in [2.24, 2.45) is 4.99 Å². The molecule has 2 aliphatic heterocycles. The molecule has 0 amide bonds. The van der Waals surface area contributed by atoms with Gasteiger partial charge >= 0.3 is 0 Å². The molecule has 1 aliphatic carbocycles. The van der Waals surface area contributed by atoms with Crippen LogP contribution in [0.1, 0.15) is 51.9 Å². The van der Waals surface area contributed by atoms with E-state index in [2.05, 4.69) is 33.8 Å². The van der Waals surface area contributed by atoms with Crippen molar-refractivity contribution in [1.29, 1.82) is 0 Å². The van der Waals surface area contributed by atoms with Gasteiger partial charge < -0.3 is 15.3 Å². The summed E-state index contributed by atoms with van der Waals surface area (Å²) in [4.78, 5) is 10.2. The molecule has 2 saturated heterocycles. The summed E-state index contributed by atoms with van der Waals surface area (Å²) < 4.78 is 0. The number of aliphatic imine (C=N–C) groups is 1. The Kier molecular flexibility index (Phi) is 9.82. The number of piperidine rings is 1. The molecule has 1 saturated carbocycles. The molecule has 7 heteroatoms. The third-order valence-corrected chi connectivity index (χ3v) is 7.03. The Morgan fingerprint density at radius 3 is 2.38 bits per heavy atom. The van der Waals surface area contributed by atoms with Crippen molar-refractivity contribution < 1.29 is 5.11 Å². The van der Waals surface area contributed by atoms with Crippen LogP contribution in [0.5, 0.6) is 0 Å². The zero-order valence-electron chi connectivity index (χ0n) is 16.3. The molecule has 26 heavy (non-hydrogen) atoms. The van der Waals surface area contributed by atoms with Gasteiger partial charge in [0.2, 0.25) is 0 Å². The molecule has 0 radical (unpaired) electrons. The lowest BCUT2D eigenvalue weighted by Gasteiger charge is -2.47. The van der Waals surface area contributed by atoms with Gasteiger partial charge in [-0.1, -0.05) is 19.3 Å². The standard InChI is InChI=1S/C19H36N4OS.HI/c1-2-20-18(22-10-6-17(24)7-11-22)21-16-19(8-4-3-5-9-19)23-12-14-25-15-13-23;/h17,24H,2-16H2,1H3,(H,20,21);1H. The normalized spacial score (nSPS) is 25.6. The molecule has 2 heterocycles. The van der Waals surface area contributed by atoms with Crippen LogP contribution in [0, 0.1) is 0 Å². The van der Waals surface area contributed by atoms with E-state index in [4.69, 9.17) is 4.99 Å². The predicted octanol–water partition coefficient (Wildman–Crippen LogP) is 2.78. The minimum Gasteiger partial charge on any atom is -0.393 e. The second-order valence-electron chi connectivity index (χ2n) is 7.77. The summed E-state index contributed by atoms with van der Waals surface area (Å²) in [5, 5.41) is 13.3. The smallest absolute Gasteiger partial charge is 0.193 e. The fraction of sp³-hybridized carbons (Fsp3) is 0.947. The second-order valence-corrected chi connectivity index (χ2v) is 9.00. The van der Waals surface area contributed by atoms with Crippen molar-refractivity contribution >= 4 is 41.7 Å². The highest BCUT2D eigenvalue weighted by atomic mass is 127. The molecular weight excluding hydrogens is 459 g/mol. The van der Waals surface area contributed by atoms with Gasteiger partial charge in [0.1, 0.15) is 0 Å². The van der Waals surface area contributed by atoms with Gasteiger partial charge in [-0.25, -0.2) is 0 Å². The van der Waals surface area contributed by atoms with Crippen molar-refractivity contribution in [1.82, 2.24) is 15.1 Å². The first kappa shape index (κ1) is 22.6. The molecule has 0 unspecified atom stereocenters. The zero-order chi connectivity index (χ0) is 17.5. The number of aliphatic hydroxyl groups excluding tert-OH is 1. The highest BCUT2D eigenvalue weighted by Crippen LogP contribution is 2.35. The van der Waals surface area contributed by atoms with Crippen LogP contribution in [0.25, 0.3) is 0 Å². The van der Waals surface area contributed by atoms with E-state index in [-0.39, 0.29) is 35.6 Å². The summed E-state index contributed by atoms with van der Waals surface area (Å²) in [7, 11) is 0. The third-order valence-electron chi connectivity index (χ3n) is 6.09. The minimum absolute atomic E-state index is 0. The Balaban J connectivity index is 0.00000243. The van der Waals surface area contributed by atoms with Gasteiger partial charge in [0, 0.05) is 49.8 Å². The maximum atomic E-state index is 9.79. The summed E-state index contributed by atoms with van der Waals surface area (Å²) in [6, 6.07) is 0. The van der Waals surface area contributed by atoms with Crippen molar-refractivity contribution in [3.8, 4) is 0 Å². The molecule has 3 aliphatic rings. The molecule has 3 rings (SSSR count). The first-order chi connectivity index (χ1) is 12.2. The SMILES string of the molecule is CCNC(=NCC1(N2CCSCC2)CCCCC1)N1CCC(O)CC1.I. The maximum absolute atomic E-state index is 9.79. The summed E-state index contributed by atoms with van der Waals surface area (Å²) in [5.41, 5.74) is 0.287. The molecule has 0 aromatic carbocycles. The quantitative estimate of drug-likeness (QED) is 0.356. The van der Waals surface area contributed by atoms with E-state index in [1.54, 1.807) is 0 Å². The topological polar surface area (TPSA) is 51.1 Å². The number of nitrogens with one attached hydrogen (secondary N) is 1. The predicted molar refractivity (Wildman–Crippen MR) is 123 cm³/mol. The summed E-state index contributed by atoms with van der Waals surface area (Å²) >= 11 is 2.10. The molecule has 0 spiro atoms. The third kappa shape index (κ3) is 5.88. The number of aliphatic hydroxyl groups is 1. The average Bonchev–Trinajstić information content (AvgIpc) is 2.67.